The number of hydrogen-bond donors (Lipinski definition) is 0. The average Bonchev–Trinajstić information content (AvgIpc) is 2.81. The highest BCUT2D eigenvalue weighted by atomic mass is 16.5. The monoisotopic (exact) mass is 422 g/mol. The van der Waals surface area contributed by atoms with E-state index in [9.17, 15) is 4.79 Å². The van der Waals surface area contributed by atoms with Crippen LogP contribution in [0.15, 0.2) is 48.5 Å². The zero-order valence-electron chi connectivity index (χ0n) is 19.3. The van der Waals surface area contributed by atoms with Gasteiger partial charge in [0.1, 0.15) is 11.5 Å². The van der Waals surface area contributed by atoms with Crippen LogP contribution in [-0.4, -0.2) is 12.6 Å². The van der Waals surface area contributed by atoms with E-state index in [0.29, 0.717) is 23.8 Å². The Morgan fingerprint density at radius 2 is 1.45 bits per heavy atom. The molecule has 3 nitrogen and oxygen atoms in total. The van der Waals surface area contributed by atoms with Gasteiger partial charge >= 0.3 is 5.97 Å². The molecule has 0 spiro atoms. The molecule has 2 aromatic carbocycles. The van der Waals surface area contributed by atoms with E-state index in [1.54, 1.807) is 12.1 Å². The lowest BCUT2D eigenvalue weighted by molar-refractivity contribution is 0.0734. The number of ether oxygens (including phenoxy) is 2. The fourth-order valence-corrected chi connectivity index (χ4v) is 4.46. The third-order valence-electron chi connectivity index (χ3n) is 6.48. The third kappa shape index (κ3) is 7.41. The minimum Gasteiger partial charge on any atom is -0.494 e. The Labute approximate surface area is 188 Å². The summed E-state index contributed by atoms with van der Waals surface area (Å²) < 4.78 is 11.2. The van der Waals surface area contributed by atoms with Crippen molar-refractivity contribution in [3.05, 3.63) is 59.7 Å². The third-order valence-corrected chi connectivity index (χ3v) is 6.48. The summed E-state index contributed by atoms with van der Waals surface area (Å²) in [6.45, 7) is 5.11. The van der Waals surface area contributed by atoms with Crippen LogP contribution in [0, 0.1) is 5.92 Å². The molecule has 168 valence electrons. The molecule has 1 aliphatic rings. The molecule has 0 bridgehead atoms. The molecule has 0 aliphatic heterocycles. The van der Waals surface area contributed by atoms with Crippen molar-refractivity contribution in [2.24, 2.45) is 5.92 Å². The smallest absolute Gasteiger partial charge is 0.343 e. The van der Waals surface area contributed by atoms with Crippen LogP contribution in [0.5, 0.6) is 11.5 Å². The fraction of sp³-hybridized carbons (Fsp3) is 0.536. The Bertz CT molecular complexity index is 771. The molecule has 0 saturated heterocycles. The Hall–Kier alpha value is -2.29. The standard InChI is InChI=1S/C28H38O3/c1-3-5-7-8-22-9-11-23(12-10-22)24-13-19-27(20-14-24)31-28(29)25-15-17-26(18-16-25)30-21-6-4-2/h13-20,22-23H,3-12,21H2,1-2H3. The van der Waals surface area contributed by atoms with E-state index in [2.05, 4.69) is 26.0 Å². The highest BCUT2D eigenvalue weighted by Crippen LogP contribution is 2.38. The van der Waals surface area contributed by atoms with Gasteiger partial charge in [0, 0.05) is 0 Å². The van der Waals surface area contributed by atoms with E-state index >= 15 is 0 Å². The molecule has 31 heavy (non-hydrogen) atoms. The fourth-order valence-electron chi connectivity index (χ4n) is 4.46. The molecule has 1 fully saturated rings. The predicted molar refractivity (Wildman–Crippen MR) is 127 cm³/mol. The lowest BCUT2D eigenvalue weighted by Gasteiger charge is -2.29. The summed E-state index contributed by atoms with van der Waals surface area (Å²) in [6, 6.07) is 15.3. The highest BCUT2D eigenvalue weighted by molar-refractivity contribution is 5.91. The lowest BCUT2D eigenvalue weighted by atomic mass is 9.77. The number of unbranched alkanes of at least 4 members (excludes halogenated alkanes) is 3. The first-order valence-corrected chi connectivity index (χ1v) is 12.2. The topological polar surface area (TPSA) is 35.5 Å². The molecule has 3 rings (SSSR count). The van der Waals surface area contributed by atoms with Crippen molar-refractivity contribution < 1.29 is 14.3 Å². The molecule has 0 radical (unpaired) electrons. The number of carbonyl (C=O) groups excluding carboxylic acids is 1. The molecule has 1 aliphatic carbocycles. The van der Waals surface area contributed by atoms with Crippen LogP contribution in [0.1, 0.15) is 99.9 Å². The maximum atomic E-state index is 12.5. The van der Waals surface area contributed by atoms with Gasteiger partial charge in [0.25, 0.3) is 0 Å². The largest absolute Gasteiger partial charge is 0.494 e. The second-order valence-corrected chi connectivity index (χ2v) is 8.90. The number of rotatable bonds is 11. The molecule has 0 amide bonds. The van der Waals surface area contributed by atoms with Crippen molar-refractivity contribution in [1.82, 2.24) is 0 Å². The second kappa shape index (κ2) is 12.5. The van der Waals surface area contributed by atoms with Crippen LogP contribution >= 0.6 is 0 Å². The van der Waals surface area contributed by atoms with Gasteiger partial charge in [-0.05, 0) is 85.9 Å². The SMILES string of the molecule is CCCCCC1CCC(c2ccc(OC(=O)c3ccc(OCCCC)cc3)cc2)CC1. The molecule has 0 heterocycles. The zero-order valence-corrected chi connectivity index (χ0v) is 19.3. The van der Waals surface area contributed by atoms with Crippen molar-refractivity contribution in [2.75, 3.05) is 6.61 Å². The summed E-state index contributed by atoms with van der Waals surface area (Å²) in [5, 5.41) is 0. The van der Waals surface area contributed by atoms with Crippen molar-refractivity contribution >= 4 is 5.97 Å². The van der Waals surface area contributed by atoms with Crippen molar-refractivity contribution in [3.8, 4) is 11.5 Å². The molecule has 0 N–H and O–H groups in total. The first-order chi connectivity index (χ1) is 15.2. The van der Waals surface area contributed by atoms with Crippen LogP contribution < -0.4 is 9.47 Å². The van der Waals surface area contributed by atoms with Gasteiger partial charge in [-0.25, -0.2) is 4.79 Å². The molecule has 0 aromatic heterocycles. The molecule has 3 heteroatoms. The molecular formula is C28H38O3. The van der Waals surface area contributed by atoms with Crippen LogP contribution in [0.25, 0.3) is 0 Å². The van der Waals surface area contributed by atoms with Crippen LogP contribution in [0.3, 0.4) is 0 Å². The van der Waals surface area contributed by atoms with E-state index < -0.39 is 0 Å². The van der Waals surface area contributed by atoms with Gasteiger partial charge in [-0.3, -0.25) is 0 Å². The zero-order chi connectivity index (χ0) is 21.9. The van der Waals surface area contributed by atoms with Crippen LogP contribution in [0.2, 0.25) is 0 Å². The van der Waals surface area contributed by atoms with Crippen molar-refractivity contribution in [3.63, 3.8) is 0 Å². The Balaban J connectivity index is 1.46. The van der Waals surface area contributed by atoms with Gasteiger partial charge in [0.2, 0.25) is 0 Å². The molecule has 0 atom stereocenters. The first-order valence-electron chi connectivity index (χ1n) is 12.2. The normalized spacial score (nSPS) is 18.5. The Morgan fingerprint density at radius 1 is 0.806 bits per heavy atom. The van der Waals surface area contributed by atoms with Gasteiger partial charge < -0.3 is 9.47 Å². The van der Waals surface area contributed by atoms with E-state index in [0.717, 1.165) is 24.5 Å². The van der Waals surface area contributed by atoms with Gasteiger partial charge in [0.05, 0.1) is 12.2 Å². The summed E-state index contributed by atoms with van der Waals surface area (Å²) in [5.74, 6) is 2.62. The average molecular weight is 423 g/mol. The molecule has 1 saturated carbocycles. The quantitative estimate of drug-likeness (QED) is 0.209. The van der Waals surface area contributed by atoms with Crippen LogP contribution in [0.4, 0.5) is 0 Å². The van der Waals surface area contributed by atoms with Crippen molar-refractivity contribution in [2.45, 2.75) is 84.0 Å². The summed E-state index contributed by atoms with van der Waals surface area (Å²) in [7, 11) is 0. The van der Waals surface area contributed by atoms with E-state index in [1.807, 2.05) is 24.3 Å². The van der Waals surface area contributed by atoms with E-state index in [4.69, 9.17) is 9.47 Å². The van der Waals surface area contributed by atoms with Gasteiger partial charge in [-0.2, -0.15) is 0 Å². The Morgan fingerprint density at radius 3 is 2.10 bits per heavy atom. The van der Waals surface area contributed by atoms with Gasteiger partial charge in [-0.1, -0.05) is 58.1 Å². The maximum absolute atomic E-state index is 12.5. The maximum Gasteiger partial charge on any atom is 0.343 e. The molecular weight excluding hydrogens is 384 g/mol. The summed E-state index contributed by atoms with van der Waals surface area (Å²) in [6.07, 6.45) is 12.9. The minimum atomic E-state index is -0.333. The Kier molecular flexibility index (Phi) is 9.45. The number of benzene rings is 2. The van der Waals surface area contributed by atoms with Gasteiger partial charge in [-0.15, -0.1) is 0 Å². The minimum absolute atomic E-state index is 0.333. The molecule has 0 unspecified atom stereocenters. The summed E-state index contributed by atoms with van der Waals surface area (Å²) in [4.78, 5) is 12.5. The van der Waals surface area contributed by atoms with Gasteiger partial charge in [0.15, 0.2) is 0 Å². The first kappa shape index (κ1) is 23.4. The second-order valence-electron chi connectivity index (χ2n) is 8.90. The van der Waals surface area contributed by atoms with Crippen molar-refractivity contribution in [1.29, 1.82) is 0 Å². The predicted octanol–water partition coefficient (Wildman–Crippen LogP) is 7.94. The highest BCUT2D eigenvalue weighted by Gasteiger charge is 2.22. The molecule has 2 aromatic rings. The number of hydrogen-bond acceptors (Lipinski definition) is 3. The number of esters is 1. The van der Waals surface area contributed by atoms with E-state index in [1.165, 1.54) is 56.9 Å². The number of carbonyl (C=O) groups is 1. The summed E-state index contributed by atoms with van der Waals surface area (Å²) in [5.41, 5.74) is 1.91. The lowest BCUT2D eigenvalue weighted by Crippen LogP contribution is -2.13. The summed E-state index contributed by atoms with van der Waals surface area (Å²) >= 11 is 0. The van der Waals surface area contributed by atoms with E-state index in [-0.39, 0.29) is 5.97 Å². The van der Waals surface area contributed by atoms with Crippen LogP contribution in [-0.2, 0) is 0 Å².